The zero-order valence-electron chi connectivity index (χ0n) is 73.3. The molecule has 0 atom stereocenters. The van der Waals surface area contributed by atoms with Crippen molar-refractivity contribution in [1.29, 1.82) is 0 Å². The first-order valence-electron chi connectivity index (χ1n) is 42.7. The molecule has 0 aliphatic carbocycles. The maximum absolute atomic E-state index is 12.0. The Kier molecular flexibility index (Phi) is 21.6. The summed E-state index contributed by atoms with van der Waals surface area (Å²) in [5, 5.41) is 4.79. The molecule has 12 aromatic carbocycles. The number of fused-ring (bicyclic) bond motifs is 60. The van der Waals surface area contributed by atoms with E-state index in [1.165, 1.54) is 109 Å². The molecule has 27 rings (SSSR count). The molecule has 6 aliphatic rings. The van der Waals surface area contributed by atoms with Crippen molar-refractivity contribution in [3.8, 4) is 137 Å². The molecule has 146 heavy (non-hydrogen) atoms. The van der Waals surface area contributed by atoms with Gasteiger partial charge in [-0.15, -0.1) is 0 Å². The molecule has 0 saturated heterocycles. The number of rotatable bonds is 6. The molecule has 702 valence electrons. The molecule has 0 amide bonds. The fourth-order valence-corrected chi connectivity index (χ4v) is 20.9. The molecule has 50 heteroatoms. The van der Waals surface area contributed by atoms with Gasteiger partial charge in [-0.3, -0.25) is 0 Å². The number of benzene rings is 12. The van der Waals surface area contributed by atoms with E-state index >= 15 is 0 Å². The molecule has 15 heterocycles. The van der Waals surface area contributed by atoms with Crippen LogP contribution in [0.1, 0.15) is 0 Å². The molecule has 0 radical (unpaired) electrons. The maximum Gasteiger partial charge on any atom is 3.00 e. The quantitative estimate of drug-likeness (QED) is 0.0665. The van der Waals surface area contributed by atoms with Crippen molar-refractivity contribution in [3.63, 3.8) is 0 Å². The molecule has 0 spiro atoms. The Morgan fingerprint density at radius 1 is 0.144 bits per heavy atom. The third-order valence-corrected chi connectivity index (χ3v) is 29.5. The third-order valence-electron chi connectivity index (χ3n) is 24.5. The van der Waals surface area contributed by atoms with Crippen molar-refractivity contribution in [3.05, 3.63) is 255 Å². The van der Waals surface area contributed by atoms with Crippen molar-refractivity contribution in [2.45, 2.75) is 29.4 Å². The number of nitrogens with zero attached hydrogens (tertiary/aromatic N) is 18. The predicted molar refractivity (Wildman–Crippen MR) is 527 cm³/mol. The second-order valence-corrected chi connectivity index (χ2v) is 41.3. The average molecular weight is 2070 g/mol. The predicted octanol–water partition coefficient (Wildman–Crippen LogP) is 13.3. The van der Waals surface area contributed by atoms with E-state index in [0.717, 1.165) is 0 Å². The van der Waals surface area contributed by atoms with E-state index in [-0.39, 0.29) is 138 Å². The second kappa shape index (κ2) is 34.0. The van der Waals surface area contributed by atoms with Crippen molar-refractivity contribution in [2.75, 3.05) is 0 Å². The Bertz CT molecular complexity index is 9300. The standard InChI is InChI=1S/3C32H18N8O6S2.2Al/c3*41-47(42,43)15-9-11-21-23(13-15)32-38-28-20-8-4-2-6-18(20)26(34-28)36-30-22-12-10-16(48(44,45)46)14-24(22)31(40-30)37-27-19-7-3-1-5-17(19)25(33-27)35-29(21)39-32;;/h3*1-14H,(H,41,42,43)(H,44,45,46)(H2,33,34,35,36,37,38,39,40);;/q;;;2*+3/p-6. The van der Waals surface area contributed by atoms with Crippen LogP contribution in [0.4, 0.5) is 0 Å². The van der Waals surface area contributed by atoms with Crippen molar-refractivity contribution in [2.24, 2.45) is 0 Å². The molecule has 6 aliphatic heterocycles. The molecule has 24 bridgehead atoms. The van der Waals surface area contributed by atoms with Gasteiger partial charge in [0.2, 0.25) is 0 Å². The van der Waals surface area contributed by atoms with E-state index in [2.05, 4.69) is 29.9 Å². The molecule has 0 saturated carbocycles. The number of hydrogen-bond donors (Lipinski definition) is 6. The van der Waals surface area contributed by atoms with E-state index in [0.29, 0.717) is 165 Å². The van der Waals surface area contributed by atoms with Crippen LogP contribution in [-0.2, 0) is 60.7 Å². The third kappa shape index (κ3) is 16.1. The van der Waals surface area contributed by atoms with Gasteiger partial charge in [0.25, 0.3) is 0 Å². The fourth-order valence-electron chi connectivity index (χ4n) is 17.9. The van der Waals surface area contributed by atoms with E-state index < -0.39 is 90.1 Å². The van der Waals surface area contributed by atoms with E-state index in [9.17, 15) is 77.8 Å². The largest absolute Gasteiger partial charge is 3.00 e. The minimum absolute atomic E-state index is 0. The van der Waals surface area contributed by atoms with Crippen LogP contribution in [0.5, 0.6) is 0 Å². The Balaban J connectivity index is 0.000000120. The van der Waals surface area contributed by atoms with Gasteiger partial charge in [0, 0.05) is 131 Å². The number of aromatic nitrogens is 24. The summed E-state index contributed by atoms with van der Waals surface area (Å²) >= 11 is 0. The summed E-state index contributed by atoms with van der Waals surface area (Å²) in [5.41, 5.74) is 10.6. The zero-order chi connectivity index (χ0) is 98.8. The Labute approximate surface area is 839 Å². The monoisotopic (exact) mass is 2070 g/mol. The van der Waals surface area contributed by atoms with Gasteiger partial charge in [0.15, 0.2) is 69.9 Å². The first-order valence-corrected chi connectivity index (χ1v) is 51.1. The average Bonchev–Trinajstić information content (AvgIpc) is 1.59. The van der Waals surface area contributed by atoms with E-state index in [1.54, 1.807) is 72.8 Å². The SMILES string of the molecule is O=S(=O)([O-])c1ccc2c3nc4nc(nc5[nH]c(nc6nc(nc([nH]3)c2c1)-c1ccccc1-6)c1ccc(S(=O)(=O)[O-])cc51)-c1ccccc1-4.O=S(=O)([O-])c1ccc2c3nc4nc(nc5[nH]c(nc6nc(nc([nH]3)c2c1)-c1ccccc1-6)c1ccc(S(=O)(=O)[O-])cc51)-c1ccccc1-4.O=S(=O)([O-])c1ccc2c3nc4nc(nc5[nH]c(nc6nc(nc([nH]3)c2c1)-c1ccccc1-6)c1ccc(S(=O)(=O)[O-])cc51)-c1ccccc1-4.[Al+3].[Al+3]. The number of H-pyrrole nitrogens is 6. The molecule has 9 aromatic heterocycles. The van der Waals surface area contributed by atoms with Crippen LogP contribution >= 0.6 is 0 Å². The number of hydrogen-bond acceptors (Lipinski definition) is 36. The minimum Gasteiger partial charge on any atom is -0.744 e. The first kappa shape index (κ1) is 92.9. The normalized spacial score (nSPS) is 12.5. The van der Waals surface area contributed by atoms with Crippen LogP contribution in [0.2, 0.25) is 0 Å². The van der Waals surface area contributed by atoms with Gasteiger partial charge in [-0.05, 0) is 109 Å². The Hall–Kier alpha value is -16.8. The van der Waals surface area contributed by atoms with Crippen LogP contribution in [0, 0.1) is 0 Å². The summed E-state index contributed by atoms with van der Waals surface area (Å²) in [4.78, 5) is 102. The Morgan fingerprint density at radius 3 is 0.349 bits per heavy atom. The van der Waals surface area contributed by atoms with Crippen molar-refractivity contribution < 1.29 is 77.8 Å². The van der Waals surface area contributed by atoms with Gasteiger partial charge >= 0.3 is 34.7 Å². The minimum atomic E-state index is -4.79. The van der Waals surface area contributed by atoms with E-state index in [4.69, 9.17) is 89.7 Å². The smallest absolute Gasteiger partial charge is 0.744 e. The van der Waals surface area contributed by atoms with Crippen molar-refractivity contribution in [1.82, 2.24) is 120 Å². The Morgan fingerprint density at radius 2 is 0.247 bits per heavy atom. The van der Waals surface area contributed by atoms with Gasteiger partial charge in [-0.25, -0.2) is 140 Å². The summed E-state index contributed by atoms with van der Waals surface area (Å²) in [6, 6.07) is 67.0. The summed E-state index contributed by atoms with van der Waals surface area (Å²) in [5.74, 6) is 3.14. The summed E-state index contributed by atoms with van der Waals surface area (Å²) in [7, 11) is -28.7. The van der Waals surface area contributed by atoms with Gasteiger partial charge in [0.1, 0.15) is 128 Å². The second-order valence-electron chi connectivity index (χ2n) is 33.1. The van der Waals surface area contributed by atoms with Gasteiger partial charge in [-0.1, -0.05) is 146 Å². The molecule has 0 fully saturated rings. The molecular weight excluding hydrogens is 2020 g/mol. The summed E-state index contributed by atoms with van der Waals surface area (Å²) in [6.45, 7) is 0. The van der Waals surface area contributed by atoms with Gasteiger partial charge in [0.05, 0.1) is 29.4 Å². The van der Waals surface area contributed by atoms with Crippen LogP contribution in [0.15, 0.2) is 284 Å². The van der Waals surface area contributed by atoms with Crippen LogP contribution < -0.4 is 0 Å². The van der Waals surface area contributed by atoms with Gasteiger partial charge < -0.3 is 57.2 Å². The molecular formula is C96H48Al2N24O18S6. The van der Waals surface area contributed by atoms with Crippen LogP contribution in [0.25, 0.3) is 269 Å². The van der Waals surface area contributed by atoms with Crippen molar-refractivity contribution >= 4 is 228 Å². The molecule has 21 aromatic rings. The fraction of sp³-hybridized carbons (Fsp3) is 0. The molecule has 0 unspecified atom stereocenters. The van der Waals surface area contributed by atoms with Crippen LogP contribution in [0.3, 0.4) is 0 Å². The molecule has 6 N–H and O–H groups in total. The first-order chi connectivity index (χ1) is 69.0. The summed E-state index contributed by atoms with van der Waals surface area (Å²) in [6.07, 6.45) is 0. The maximum atomic E-state index is 12.0. The topological polar surface area (TPSA) is 670 Å². The molecule has 42 nitrogen and oxygen atoms in total. The number of aromatic amines is 6. The number of nitrogens with one attached hydrogen (secondary N) is 6. The summed E-state index contributed by atoms with van der Waals surface area (Å²) < 4.78 is 216. The van der Waals surface area contributed by atoms with Crippen LogP contribution in [-0.4, -0.2) is 232 Å². The zero-order valence-corrected chi connectivity index (χ0v) is 80.5. The van der Waals surface area contributed by atoms with Gasteiger partial charge in [-0.2, -0.15) is 0 Å². The van der Waals surface area contributed by atoms with E-state index in [1.807, 2.05) is 72.8 Å².